The van der Waals surface area contributed by atoms with Crippen LogP contribution in [0.25, 0.3) is 0 Å². The summed E-state index contributed by atoms with van der Waals surface area (Å²) in [6.07, 6.45) is 3.49. The monoisotopic (exact) mass is 180 g/mol. The van der Waals surface area contributed by atoms with Crippen molar-refractivity contribution in [2.75, 3.05) is 18.5 Å². The van der Waals surface area contributed by atoms with Crippen molar-refractivity contribution in [1.29, 1.82) is 0 Å². The van der Waals surface area contributed by atoms with Crippen molar-refractivity contribution in [3.8, 4) is 0 Å². The second kappa shape index (κ2) is 4.70. The van der Waals surface area contributed by atoms with Gasteiger partial charge in [0.05, 0.1) is 0 Å². The van der Waals surface area contributed by atoms with Crippen molar-refractivity contribution in [2.24, 2.45) is 0 Å². The van der Waals surface area contributed by atoms with Gasteiger partial charge in [0.25, 0.3) is 0 Å². The van der Waals surface area contributed by atoms with Crippen LogP contribution in [-0.4, -0.2) is 24.4 Å². The zero-order chi connectivity index (χ0) is 9.68. The molecule has 0 saturated heterocycles. The first-order valence-corrected chi connectivity index (χ1v) is 4.54. The van der Waals surface area contributed by atoms with Crippen molar-refractivity contribution in [1.82, 2.24) is 4.98 Å². The van der Waals surface area contributed by atoms with Crippen LogP contribution in [0.15, 0.2) is 18.3 Å². The quantitative estimate of drug-likeness (QED) is 0.750. The molecule has 13 heavy (non-hydrogen) atoms. The Hall–Kier alpha value is -1.25. The standard InChI is InChI=1S/C10H16N2O/c1-9(13)5-4-8-12(2)10-6-3-7-11-10/h3,6-7,11H,4-5,8H2,1-2H3. The summed E-state index contributed by atoms with van der Waals surface area (Å²) in [6, 6.07) is 3.99. The lowest BCUT2D eigenvalue weighted by molar-refractivity contribution is -0.117. The molecule has 1 aromatic heterocycles. The maximum atomic E-state index is 10.7. The zero-order valence-electron chi connectivity index (χ0n) is 8.21. The van der Waals surface area contributed by atoms with Crippen LogP contribution >= 0.6 is 0 Å². The summed E-state index contributed by atoms with van der Waals surface area (Å²) in [5, 5.41) is 0. The van der Waals surface area contributed by atoms with Crippen LogP contribution < -0.4 is 4.90 Å². The number of rotatable bonds is 5. The number of anilines is 1. The largest absolute Gasteiger partial charge is 0.361 e. The highest BCUT2D eigenvalue weighted by Crippen LogP contribution is 2.08. The van der Waals surface area contributed by atoms with Crippen molar-refractivity contribution >= 4 is 11.6 Å². The predicted octanol–water partition coefficient (Wildman–Crippen LogP) is 1.82. The molecule has 0 amide bonds. The van der Waals surface area contributed by atoms with E-state index in [1.165, 1.54) is 0 Å². The summed E-state index contributed by atoms with van der Waals surface area (Å²) in [4.78, 5) is 15.9. The number of H-pyrrole nitrogens is 1. The van der Waals surface area contributed by atoms with Crippen molar-refractivity contribution in [3.05, 3.63) is 18.3 Å². The van der Waals surface area contributed by atoms with Gasteiger partial charge >= 0.3 is 0 Å². The van der Waals surface area contributed by atoms with E-state index in [-0.39, 0.29) is 5.78 Å². The smallest absolute Gasteiger partial charge is 0.129 e. The molecule has 0 unspecified atom stereocenters. The zero-order valence-corrected chi connectivity index (χ0v) is 8.21. The van der Waals surface area contributed by atoms with E-state index in [1.807, 2.05) is 25.4 Å². The van der Waals surface area contributed by atoms with Gasteiger partial charge in [-0.25, -0.2) is 0 Å². The van der Waals surface area contributed by atoms with Gasteiger partial charge in [0.1, 0.15) is 11.6 Å². The Morgan fingerprint density at radius 1 is 1.62 bits per heavy atom. The fraction of sp³-hybridized carbons (Fsp3) is 0.500. The third-order valence-corrected chi connectivity index (χ3v) is 2.02. The number of nitrogens with one attached hydrogen (secondary N) is 1. The Balaban J connectivity index is 2.26. The topological polar surface area (TPSA) is 36.1 Å². The van der Waals surface area contributed by atoms with Crippen LogP contribution in [-0.2, 0) is 4.79 Å². The number of hydrogen-bond acceptors (Lipinski definition) is 2. The average molecular weight is 180 g/mol. The fourth-order valence-electron chi connectivity index (χ4n) is 1.24. The third kappa shape index (κ3) is 3.32. The molecule has 0 saturated carbocycles. The molecule has 0 atom stereocenters. The maximum Gasteiger partial charge on any atom is 0.129 e. The predicted molar refractivity (Wildman–Crippen MR) is 54.0 cm³/mol. The van der Waals surface area contributed by atoms with Crippen LogP contribution in [0.5, 0.6) is 0 Å². The number of aromatic amines is 1. The molecule has 0 aliphatic rings. The van der Waals surface area contributed by atoms with Crippen LogP contribution in [0.1, 0.15) is 19.8 Å². The lowest BCUT2D eigenvalue weighted by atomic mass is 10.2. The SMILES string of the molecule is CC(=O)CCCN(C)c1ccc[nH]1. The van der Waals surface area contributed by atoms with Crippen molar-refractivity contribution in [3.63, 3.8) is 0 Å². The Bertz CT molecular complexity index is 254. The molecule has 1 heterocycles. The first kappa shape index (κ1) is 9.84. The maximum absolute atomic E-state index is 10.7. The van der Waals surface area contributed by atoms with E-state index >= 15 is 0 Å². The summed E-state index contributed by atoms with van der Waals surface area (Å²) in [7, 11) is 2.02. The molecule has 1 aromatic rings. The molecule has 0 aromatic carbocycles. The highest BCUT2D eigenvalue weighted by molar-refractivity contribution is 5.75. The van der Waals surface area contributed by atoms with Crippen LogP contribution in [0.3, 0.4) is 0 Å². The van der Waals surface area contributed by atoms with E-state index in [0.717, 1.165) is 18.8 Å². The lowest BCUT2D eigenvalue weighted by Crippen LogP contribution is -2.19. The second-order valence-electron chi connectivity index (χ2n) is 3.28. The molecule has 0 aliphatic carbocycles. The molecule has 1 rings (SSSR count). The minimum atomic E-state index is 0.264. The molecule has 0 bridgehead atoms. The number of hydrogen-bond donors (Lipinski definition) is 1. The number of carbonyl (C=O) groups is 1. The summed E-state index contributed by atoms with van der Waals surface area (Å²) >= 11 is 0. The van der Waals surface area contributed by atoms with Gasteiger partial charge in [0.2, 0.25) is 0 Å². The summed E-state index contributed by atoms with van der Waals surface area (Å²) in [5.41, 5.74) is 0. The van der Waals surface area contributed by atoms with Gasteiger partial charge in [-0.2, -0.15) is 0 Å². The van der Waals surface area contributed by atoms with Crippen molar-refractivity contribution < 1.29 is 4.79 Å². The highest BCUT2D eigenvalue weighted by atomic mass is 16.1. The Labute approximate surface area is 78.8 Å². The van der Waals surface area contributed by atoms with Gasteiger partial charge in [0, 0.05) is 26.2 Å². The molecule has 72 valence electrons. The molecule has 0 fully saturated rings. The molecule has 1 N–H and O–H groups in total. The lowest BCUT2D eigenvalue weighted by Gasteiger charge is -2.16. The van der Waals surface area contributed by atoms with Gasteiger partial charge in [0.15, 0.2) is 0 Å². The van der Waals surface area contributed by atoms with Gasteiger partial charge in [-0.15, -0.1) is 0 Å². The summed E-state index contributed by atoms with van der Waals surface area (Å²) in [6.45, 7) is 2.55. The van der Waals surface area contributed by atoms with Crippen LogP contribution in [0.4, 0.5) is 5.82 Å². The van der Waals surface area contributed by atoms with E-state index in [2.05, 4.69) is 9.88 Å². The molecule has 3 heteroatoms. The molecular formula is C10H16N2O. The van der Waals surface area contributed by atoms with Crippen LogP contribution in [0, 0.1) is 0 Å². The molecule has 0 spiro atoms. The average Bonchev–Trinajstić information content (AvgIpc) is 2.55. The Kier molecular flexibility index (Phi) is 3.55. The van der Waals surface area contributed by atoms with Gasteiger partial charge < -0.3 is 14.7 Å². The van der Waals surface area contributed by atoms with E-state index in [4.69, 9.17) is 0 Å². The number of ketones is 1. The summed E-state index contributed by atoms with van der Waals surface area (Å²) in [5.74, 6) is 1.36. The van der Waals surface area contributed by atoms with E-state index in [9.17, 15) is 4.79 Å². The van der Waals surface area contributed by atoms with Gasteiger partial charge in [-0.1, -0.05) is 0 Å². The fourth-order valence-corrected chi connectivity index (χ4v) is 1.24. The summed E-state index contributed by atoms with van der Waals surface area (Å²) < 4.78 is 0. The van der Waals surface area contributed by atoms with Gasteiger partial charge in [-0.3, -0.25) is 0 Å². The first-order valence-electron chi connectivity index (χ1n) is 4.54. The minimum absolute atomic E-state index is 0.264. The van der Waals surface area contributed by atoms with Gasteiger partial charge in [-0.05, 0) is 25.5 Å². The molecular weight excluding hydrogens is 164 g/mol. The highest BCUT2D eigenvalue weighted by Gasteiger charge is 2.00. The molecule has 0 aliphatic heterocycles. The number of nitrogens with zero attached hydrogens (tertiary/aromatic N) is 1. The Morgan fingerprint density at radius 2 is 2.38 bits per heavy atom. The first-order chi connectivity index (χ1) is 6.20. The van der Waals surface area contributed by atoms with E-state index < -0.39 is 0 Å². The number of carbonyl (C=O) groups excluding carboxylic acids is 1. The van der Waals surface area contributed by atoms with E-state index in [0.29, 0.717) is 6.42 Å². The van der Waals surface area contributed by atoms with Crippen molar-refractivity contribution in [2.45, 2.75) is 19.8 Å². The molecule has 0 radical (unpaired) electrons. The normalized spacial score (nSPS) is 10.0. The number of aromatic nitrogens is 1. The van der Waals surface area contributed by atoms with E-state index in [1.54, 1.807) is 6.92 Å². The molecule has 3 nitrogen and oxygen atoms in total. The second-order valence-corrected chi connectivity index (χ2v) is 3.28. The minimum Gasteiger partial charge on any atom is -0.361 e. The number of Topliss-reactive ketones (excluding diaryl/α,β-unsaturated/α-hetero) is 1. The van der Waals surface area contributed by atoms with Crippen LogP contribution in [0.2, 0.25) is 0 Å². The third-order valence-electron chi connectivity index (χ3n) is 2.02. The Morgan fingerprint density at radius 3 is 2.92 bits per heavy atom.